The summed E-state index contributed by atoms with van der Waals surface area (Å²) >= 11 is 0. The molecule has 2 aromatic carbocycles. The highest BCUT2D eigenvalue weighted by atomic mass is 16.5. The number of methoxy groups -OCH3 is 1. The van der Waals surface area contributed by atoms with E-state index in [1.54, 1.807) is 24.3 Å². The summed E-state index contributed by atoms with van der Waals surface area (Å²) in [4.78, 5) is 37.7. The summed E-state index contributed by atoms with van der Waals surface area (Å²) in [5, 5.41) is 33.5. The monoisotopic (exact) mass is 529 g/mol. The molecule has 0 heterocycles. The number of ether oxygens (including phenoxy) is 1. The van der Waals surface area contributed by atoms with E-state index < -0.39 is 24.7 Å². The Morgan fingerprint density at radius 2 is 1.66 bits per heavy atom. The van der Waals surface area contributed by atoms with Crippen molar-refractivity contribution in [1.29, 1.82) is 0 Å². The van der Waals surface area contributed by atoms with Crippen molar-refractivity contribution in [2.75, 3.05) is 37.4 Å². The Morgan fingerprint density at radius 1 is 0.974 bits per heavy atom. The maximum atomic E-state index is 13.1. The number of benzene rings is 2. The van der Waals surface area contributed by atoms with Crippen molar-refractivity contribution in [2.45, 2.75) is 58.0 Å². The molecule has 5 N–H and O–H groups in total. The number of urea groups is 1. The van der Waals surface area contributed by atoms with Crippen molar-refractivity contribution >= 4 is 29.3 Å². The molecule has 0 aromatic heterocycles. The summed E-state index contributed by atoms with van der Waals surface area (Å²) in [5.74, 6) is -0.604. The first-order valence-corrected chi connectivity index (χ1v) is 12.8. The number of aliphatic hydroxyl groups is 2. The standard InChI is InChI=1S/C28H39N3O7/c1-20-10-7-8-11-23(20)29-28(37)30-24-14-13-21(16-25(24)38-2)17-26(34)31(18-22(33)19-32)15-9-5-3-4-6-12-27(35)36/h7-8,10-11,13-14,16,22,32-33H,3-6,9,12,15,17-19H2,1-2H3,(H,35,36)(H2,29,30,37). The summed E-state index contributed by atoms with van der Waals surface area (Å²) in [6.07, 6.45) is 3.01. The molecule has 0 aliphatic carbocycles. The van der Waals surface area contributed by atoms with Gasteiger partial charge in [-0.15, -0.1) is 0 Å². The minimum absolute atomic E-state index is 0.0181. The number of nitrogens with one attached hydrogen (secondary N) is 2. The molecule has 0 radical (unpaired) electrons. The lowest BCUT2D eigenvalue weighted by Gasteiger charge is -2.25. The highest BCUT2D eigenvalue weighted by Crippen LogP contribution is 2.26. The molecule has 0 saturated heterocycles. The number of aryl methyl sites for hydroxylation is 1. The molecule has 0 aliphatic rings. The summed E-state index contributed by atoms with van der Waals surface area (Å²) in [5.41, 5.74) is 2.74. The molecule has 10 heteroatoms. The van der Waals surface area contributed by atoms with Gasteiger partial charge in [0.15, 0.2) is 0 Å². The van der Waals surface area contributed by atoms with Gasteiger partial charge in [-0.2, -0.15) is 0 Å². The molecule has 2 aromatic rings. The van der Waals surface area contributed by atoms with Crippen molar-refractivity contribution in [3.8, 4) is 5.75 Å². The lowest BCUT2D eigenvalue weighted by atomic mass is 10.1. The molecule has 2 rings (SSSR count). The highest BCUT2D eigenvalue weighted by molar-refractivity contribution is 6.01. The molecule has 10 nitrogen and oxygen atoms in total. The molecule has 0 aliphatic heterocycles. The molecular weight excluding hydrogens is 490 g/mol. The Balaban J connectivity index is 1.96. The van der Waals surface area contributed by atoms with E-state index in [1.165, 1.54) is 12.0 Å². The summed E-state index contributed by atoms with van der Waals surface area (Å²) < 4.78 is 5.43. The number of rotatable bonds is 16. The number of hydrogen-bond acceptors (Lipinski definition) is 6. The third-order valence-electron chi connectivity index (χ3n) is 6.08. The van der Waals surface area contributed by atoms with Crippen molar-refractivity contribution < 1.29 is 34.4 Å². The molecule has 0 fully saturated rings. The van der Waals surface area contributed by atoms with Gasteiger partial charge >= 0.3 is 12.0 Å². The number of carboxylic acid groups (broad SMARTS) is 1. The van der Waals surface area contributed by atoms with Crippen LogP contribution in [0, 0.1) is 6.92 Å². The van der Waals surface area contributed by atoms with Crippen molar-refractivity contribution in [3.05, 3.63) is 53.6 Å². The minimum Gasteiger partial charge on any atom is -0.495 e. The Bertz CT molecular complexity index is 1060. The third-order valence-corrected chi connectivity index (χ3v) is 6.08. The lowest BCUT2D eigenvalue weighted by molar-refractivity contribution is -0.137. The fourth-order valence-corrected chi connectivity index (χ4v) is 3.96. The van der Waals surface area contributed by atoms with Gasteiger partial charge < -0.3 is 35.6 Å². The van der Waals surface area contributed by atoms with Gasteiger partial charge in [0.25, 0.3) is 0 Å². The van der Waals surface area contributed by atoms with Crippen LogP contribution in [-0.4, -0.2) is 71.0 Å². The molecule has 38 heavy (non-hydrogen) atoms. The summed E-state index contributed by atoms with van der Waals surface area (Å²) in [6.45, 7) is 1.89. The largest absolute Gasteiger partial charge is 0.495 e. The Kier molecular flexibility index (Phi) is 13.1. The van der Waals surface area contributed by atoms with Crippen LogP contribution in [0.2, 0.25) is 0 Å². The van der Waals surface area contributed by atoms with E-state index in [0.717, 1.165) is 24.8 Å². The van der Waals surface area contributed by atoms with E-state index in [9.17, 15) is 24.6 Å². The number of carbonyl (C=O) groups excluding carboxylic acids is 2. The number of nitrogens with zero attached hydrogens (tertiary/aromatic N) is 1. The fourth-order valence-electron chi connectivity index (χ4n) is 3.96. The number of aliphatic carboxylic acids is 1. The number of aliphatic hydroxyl groups excluding tert-OH is 2. The molecule has 208 valence electrons. The zero-order valence-corrected chi connectivity index (χ0v) is 22.1. The van der Waals surface area contributed by atoms with Crippen LogP contribution in [-0.2, 0) is 16.0 Å². The number of carbonyl (C=O) groups is 3. The van der Waals surface area contributed by atoms with Crippen LogP contribution < -0.4 is 15.4 Å². The fraction of sp³-hybridized carbons (Fsp3) is 0.464. The third kappa shape index (κ3) is 10.8. The highest BCUT2D eigenvalue weighted by Gasteiger charge is 2.18. The number of unbranched alkanes of at least 4 members (excludes halogenated alkanes) is 4. The SMILES string of the molecule is COc1cc(CC(=O)N(CCCCCCCC(=O)O)CC(O)CO)ccc1NC(=O)Nc1ccccc1C. The molecule has 0 bridgehead atoms. The van der Waals surface area contributed by atoms with Crippen LogP contribution in [0.4, 0.5) is 16.2 Å². The van der Waals surface area contributed by atoms with Crippen molar-refractivity contribution in [3.63, 3.8) is 0 Å². The number of hydrogen-bond donors (Lipinski definition) is 5. The number of para-hydroxylation sites is 1. The number of carboxylic acids is 1. The Morgan fingerprint density at radius 3 is 2.34 bits per heavy atom. The maximum Gasteiger partial charge on any atom is 0.323 e. The van der Waals surface area contributed by atoms with Crippen LogP contribution in [0.25, 0.3) is 0 Å². The molecule has 0 saturated carbocycles. The van der Waals surface area contributed by atoms with E-state index in [1.807, 2.05) is 25.1 Å². The van der Waals surface area contributed by atoms with Crippen LogP contribution in [0.5, 0.6) is 5.75 Å². The van der Waals surface area contributed by atoms with Crippen LogP contribution in [0.15, 0.2) is 42.5 Å². The quantitative estimate of drug-likeness (QED) is 0.208. The zero-order valence-electron chi connectivity index (χ0n) is 22.1. The summed E-state index contributed by atoms with van der Waals surface area (Å²) in [7, 11) is 1.48. The average molecular weight is 530 g/mol. The molecule has 3 amide bonds. The predicted octanol–water partition coefficient (Wildman–Crippen LogP) is 3.80. The van der Waals surface area contributed by atoms with E-state index in [0.29, 0.717) is 42.1 Å². The zero-order chi connectivity index (χ0) is 27.9. The van der Waals surface area contributed by atoms with Gasteiger partial charge in [-0.1, -0.05) is 43.5 Å². The topological polar surface area (TPSA) is 148 Å². The first-order valence-electron chi connectivity index (χ1n) is 12.8. The molecular formula is C28H39N3O7. The average Bonchev–Trinajstić information content (AvgIpc) is 2.89. The van der Waals surface area contributed by atoms with Gasteiger partial charge in [-0.25, -0.2) is 4.79 Å². The van der Waals surface area contributed by atoms with E-state index in [-0.39, 0.29) is 25.3 Å². The van der Waals surface area contributed by atoms with Crippen LogP contribution in [0.1, 0.15) is 49.7 Å². The smallest absolute Gasteiger partial charge is 0.323 e. The van der Waals surface area contributed by atoms with E-state index in [4.69, 9.17) is 9.84 Å². The van der Waals surface area contributed by atoms with Gasteiger partial charge in [0.1, 0.15) is 5.75 Å². The van der Waals surface area contributed by atoms with Crippen LogP contribution >= 0.6 is 0 Å². The maximum absolute atomic E-state index is 13.1. The van der Waals surface area contributed by atoms with Gasteiger partial charge in [-0.3, -0.25) is 9.59 Å². The molecule has 0 spiro atoms. The van der Waals surface area contributed by atoms with E-state index >= 15 is 0 Å². The normalized spacial score (nSPS) is 11.5. The first-order chi connectivity index (χ1) is 18.2. The van der Waals surface area contributed by atoms with Crippen LogP contribution in [0.3, 0.4) is 0 Å². The first kappa shape index (κ1) is 30.6. The second-order valence-electron chi connectivity index (χ2n) is 9.19. The molecule has 1 unspecified atom stereocenters. The van der Waals surface area contributed by atoms with Gasteiger partial charge in [0, 0.05) is 25.2 Å². The predicted molar refractivity (Wildman–Crippen MR) is 146 cm³/mol. The van der Waals surface area contributed by atoms with Crippen molar-refractivity contribution in [2.24, 2.45) is 0 Å². The number of amides is 3. The van der Waals surface area contributed by atoms with E-state index in [2.05, 4.69) is 10.6 Å². The second kappa shape index (κ2) is 16.3. The number of anilines is 2. The van der Waals surface area contributed by atoms with Gasteiger partial charge in [0.05, 0.1) is 31.9 Å². The van der Waals surface area contributed by atoms with Gasteiger partial charge in [0.2, 0.25) is 5.91 Å². The van der Waals surface area contributed by atoms with Gasteiger partial charge in [-0.05, 0) is 49.1 Å². The summed E-state index contributed by atoms with van der Waals surface area (Å²) in [6, 6.07) is 12.1. The minimum atomic E-state index is -1.04. The Hall–Kier alpha value is -3.63. The van der Waals surface area contributed by atoms with Crippen molar-refractivity contribution in [1.82, 2.24) is 4.90 Å². The molecule has 1 atom stereocenters. The Labute approximate surface area is 223 Å². The second-order valence-corrected chi connectivity index (χ2v) is 9.19. The lowest BCUT2D eigenvalue weighted by Crippen LogP contribution is -2.40.